The summed E-state index contributed by atoms with van der Waals surface area (Å²) in [5, 5.41) is 16.4. The minimum Gasteiger partial charge on any atom is -0.392 e. The Morgan fingerprint density at radius 3 is 2.96 bits per heavy atom. The van der Waals surface area contributed by atoms with Crippen molar-refractivity contribution < 1.29 is 18.0 Å². The van der Waals surface area contributed by atoms with Crippen LogP contribution in [0.15, 0.2) is 33.0 Å². The second-order valence-corrected chi connectivity index (χ2v) is 9.11. The van der Waals surface area contributed by atoms with E-state index < -0.39 is 22.2 Å². The van der Waals surface area contributed by atoms with Crippen molar-refractivity contribution in [3.63, 3.8) is 0 Å². The molecule has 0 amide bonds. The number of fused-ring (bicyclic) bond motifs is 1. The SMILES string of the molecule is Cc1noc([C@H]2C[C@H](O)CN2S(=O)(=O)c2csc3ccc(Cl)cc23)n1. The van der Waals surface area contributed by atoms with Crippen molar-refractivity contribution in [2.75, 3.05) is 6.54 Å². The first-order valence-electron chi connectivity index (χ1n) is 7.53. The van der Waals surface area contributed by atoms with Gasteiger partial charge in [0.25, 0.3) is 0 Å². The molecule has 0 bridgehead atoms. The van der Waals surface area contributed by atoms with Gasteiger partial charge in [0.05, 0.1) is 6.10 Å². The highest BCUT2D eigenvalue weighted by Crippen LogP contribution is 2.40. The summed E-state index contributed by atoms with van der Waals surface area (Å²) >= 11 is 7.36. The summed E-state index contributed by atoms with van der Waals surface area (Å²) in [6.45, 7) is 1.64. The summed E-state index contributed by atoms with van der Waals surface area (Å²) in [5.41, 5.74) is 0. The third-order valence-corrected chi connectivity index (χ3v) is 7.41. The fraction of sp³-hybridized carbons (Fsp3) is 0.333. The van der Waals surface area contributed by atoms with Crippen molar-refractivity contribution in [1.82, 2.24) is 14.4 Å². The van der Waals surface area contributed by atoms with E-state index >= 15 is 0 Å². The summed E-state index contributed by atoms with van der Waals surface area (Å²) in [6, 6.07) is 4.47. The van der Waals surface area contributed by atoms with E-state index in [1.165, 1.54) is 15.6 Å². The van der Waals surface area contributed by atoms with Gasteiger partial charge in [-0.15, -0.1) is 11.3 Å². The number of aliphatic hydroxyl groups is 1. The first kappa shape index (κ1) is 16.9. The molecule has 4 rings (SSSR count). The number of aliphatic hydroxyl groups excluding tert-OH is 1. The molecule has 1 aromatic carbocycles. The third-order valence-electron chi connectivity index (χ3n) is 4.15. The Morgan fingerprint density at radius 1 is 1.44 bits per heavy atom. The molecule has 2 atom stereocenters. The Balaban J connectivity index is 1.81. The zero-order chi connectivity index (χ0) is 17.8. The van der Waals surface area contributed by atoms with Gasteiger partial charge in [0, 0.05) is 33.5 Å². The van der Waals surface area contributed by atoms with E-state index in [0.29, 0.717) is 16.2 Å². The molecule has 7 nitrogen and oxygen atoms in total. The number of thiophene rings is 1. The Labute approximate surface area is 152 Å². The van der Waals surface area contributed by atoms with Crippen LogP contribution in [0.1, 0.15) is 24.2 Å². The predicted octanol–water partition coefficient (Wildman–Crippen LogP) is 2.74. The fourth-order valence-corrected chi connectivity index (χ4v) is 6.28. The normalized spacial score (nSPS) is 22.0. The number of aryl methyl sites for hydroxylation is 1. The lowest BCUT2D eigenvalue weighted by Gasteiger charge is -2.20. The number of benzene rings is 1. The van der Waals surface area contributed by atoms with Gasteiger partial charge < -0.3 is 9.63 Å². The fourth-order valence-electron chi connectivity index (χ4n) is 3.03. The largest absolute Gasteiger partial charge is 0.392 e. The Bertz CT molecular complexity index is 1050. The molecule has 1 fully saturated rings. The molecule has 3 aromatic rings. The van der Waals surface area contributed by atoms with Gasteiger partial charge in [-0.1, -0.05) is 16.8 Å². The van der Waals surface area contributed by atoms with Crippen LogP contribution >= 0.6 is 22.9 Å². The van der Waals surface area contributed by atoms with Crippen molar-refractivity contribution in [2.24, 2.45) is 0 Å². The highest BCUT2D eigenvalue weighted by molar-refractivity contribution is 7.89. The van der Waals surface area contributed by atoms with Gasteiger partial charge in [0.2, 0.25) is 15.9 Å². The van der Waals surface area contributed by atoms with E-state index in [4.69, 9.17) is 16.1 Å². The van der Waals surface area contributed by atoms with Crippen LogP contribution in [-0.4, -0.2) is 40.6 Å². The summed E-state index contributed by atoms with van der Waals surface area (Å²) in [7, 11) is -3.86. The van der Waals surface area contributed by atoms with Crippen LogP contribution in [-0.2, 0) is 10.0 Å². The van der Waals surface area contributed by atoms with Crippen LogP contribution in [0.4, 0.5) is 0 Å². The number of halogens is 1. The van der Waals surface area contributed by atoms with Gasteiger partial charge in [-0.3, -0.25) is 0 Å². The highest BCUT2D eigenvalue weighted by Gasteiger charge is 2.44. The molecule has 10 heteroatoms. The van der Waals surface area contributed by atoms with Crippen molar-refractivity contribution >= 4 is 43.0 Å². The smallest absolute Gasteiger partial charge is 0.245 e. The number of hydrogen-bond acceptors (Lipinski definition) is 7. The molecule has 0 saturated carbocycles. The van der Waals surface area contributed by atoms with E-state index in [1.807, 2.05) is 0 Å². The molecule has 0 unspecified atom stereocenters. The lowest BCUT2D eigenvalue weighted by atomic mass is 10.2. The lowest BCUT2D eigenvalue weighted by Crippen LogP contribution is -2.32. The highest BCUT2D eigenvalue weighted by atomic mass is 35.5. The molecular formula is C15H14ClN3O4S2. The second kappa shape index (κ2) is 6.03. The Hall–Kier alpha value is -1.52. The molecule has 0 aliphatic carbocycles. The van der Waals surface area contributed by atoms with Gasteiger partial charge in [-0.05, 0) is 25.1 Å². The van der Waals surface area contributed by atoms with Crippen molar-refractivity contribution in [3.8, 4) is 0 Å². The van der Waals surface area contributed by atoms with Crippen LogP contribution in [0, 0.1) is 6.92 Å². The van der Waals surface area contributed by atoms with Crippen LogP contribution in [0.25, 0.3) is 10.1 Å². The number of rotatable bonds is 3. The zero-order valence-electron chi connectivity index (χ0n) is 13.1. The first-order chi connectivity index (χ1) is 11.9. The van der Waals surface area contributed by atoms with E-state index in [9.17, 15) is 13.5 Å². The quantitative estimate of drug-likeness (QED) is 0.727. The van der Waals surface area contributed by atoms with Gasteiger partial charge in [0.1, 0.15) is 10.9 Å². The number of nitrogens with zero attached hydrogens (tertiary/aromatic N) is 3. The zero-order valence-corrected chi connectivity index (χ0v) is 15.5. The van der Waals surface area contributed by atoms with Crippen molar-refractivity contribution in [3.05, 3.63) is 40.3 Å². The molecule has 25 heavy (non-hydrogen) atoms. The van der Waals surface area contributed by atoms with Crippen molar-refractivity contribution in [1.29, 1.82) is 0 Å². The maximum absolute atomic E-state index is 13.2. The van der Waals surface area contributed by atoms with Gasteiger partial charge in [-0.2, -0.15) is 9.29 Å². The molecule has 1 N–H and O–H groups in total. The standard InChI is InChI=1S/C15H14ClN3O4S2/c1-8-17-15(23-18-8)12-5-10(20)6-19(12)25(21,22)14-7-24-13-3-2-9(16)4-11(13)14/h2-4,7,10,12,20H,5-6H2,1H3/t10-,12+/m0/s1. The van der Waals surface area contributed by atoms with E-state index in [1.54, 1.807) is 30.5 Å². The number of sulfonamides is 1. The maximum atomic E-state index is 13.2. The summed E-state index contributed by atoms with van der Waals surface area (Å²) in [5.74, 6) is 0.608. The lowest BCUT2D eigenvalue weighted by molar-refractivity contribution is 0.188. The summed E-state index contributed by atoms with van der Waals surface area (Å²) < 4.78 is 33.7. The van der Waals surface area contributed by atoms with E-state index in [2.05, 4.69) is 10.1 Å². The molecule has 1 aliphatic heterocycles. The number of β-amino-alcohol motifs (C(OH)–C–C–N with tert-alkyl or cyclic N) is 1. The van der Waals surface area contributed by atoms with Gasteiger partial charge in [0.15, 0.2) is 5.82 Å². The monoisotopic (exact) mass is 399 g/mol. The minimum absolute atomic E-state index is 0.0215. The third kappa shape index (κ3) is 2.85. The van der Waals surface area contributed by atoms with Crippen LogP contribution < -0.4 is 0 Å². The van der Waals surface area contributed by atoms with Crippen LogP contribution in [0.5, 0.6) is 0 Å². The molecule has 1 aliphatic rings. The van der Waals surface area contributed by atoms with Crippen LogP contribution in [0.3, 0.4) is 0 Å². The molecule has 1 saturated heterocycles. The summed E-state index contributed by atoms with van der Waals surface area (Å²) in [4.78, 5) is 4.31. The predicted molar refractivity (Wildman–Crippen MR) is 93.1 cm³/mol. The van der Waals surface area contributed by atoms with Crippen LogP contribution in [0.2, 0.25) is 5.02 Å². The maximum Gasteiger partial charge on any atom is 0.245 e. The number of aromatic nitrogens is 2. The van der Waals surface area contributed by atoms with E-state index in [-0.39, 0.29) is 23.8 Å². The van der Waals surface area contributed by atoms with Gasteiger partial charge >= 0.3 is 0 Å². The summed E-state index contributed by atoms with van der Waals surface area (Å²) in [6.07, 6.45) is -0.579. The second-order valence-electron chi connectivity index (χ2n) is 5.90. The average Bonchev–Trinajstić information content (AvgIpc) is 3.24. The Kier molecular flexibility index (Phi) is 4.08. The molecule has 2 aromatic heterocycles. The van der Waals surface area contributed by atoms with E-state index in [0.717, 1.165) is 4.70 Å². The molecule has 0 spiro atoms. The Morgan fingerprint density at radius 2 is 2.24 bits per heavy atom. The van der Waals surface area contributed by atoms with Crippen molar-refractivity contribution in [2.45, 2.75) is 30.4 Å². The molecule has 0 radical (unpaired) electrons. The van der Waals surface area contributed by atoms with Gasteiger partial charge in [-0.25, -0.2) is 8.42 Å². The minimum atomic E-state index is -3.86. The molecule has 132 valence electrons. The molecular weight excluding hydrogens is 386 g/mol. The topological polar surface area (TPSA) is 96.5 Å². The molecule has 3 heterocycles. The first-order valence-corrected chi connectivity index (χ1v) is 10.2. The number of hydrogen-bond donors (Lipinski definition) is 1. The average molecular weight is 400 g/mol.